The number of aromatic nitrogens is 1. The third-order valence-electron chi connectivity index (χ3n) is 2.03. The highest BCUT2D eigenvalue weighted by molar-refractivity contribution is 5.13. The molecule has 84 valence electrons. The van der Waals surface area contributed by atoms with Crippen LogP contribution in [0.2, 0.25) is 0 Å². The van der Waals surface area contributed by atoms with Crippen LogP contribution in [0.25, 0.3) is 0 Å². The van der Waals surface area contributed by atoms with E-state index in [1.165, 1.54) is 5.56 Å². The molecule has 0 aliphatic carbocycles. The van der Waals surface area contributed by atoms with Crippen LogP contribution in [-0.4, -0.2) is 17.6 Å². The van der Waals surface area contributed by atoms with Gasteiger partial charge in [-0.25, -0.2) is 0 Å². The van der Waals surface area contributed by atoms with Gasteiger partial charge in [0.15, 0.2) is 0 Å². The molecule has 1 N–H and O–H groups in total. The number of hydrogen-bond donors (Lipinski definition) is 1. The molecule has 0 amide bonds. The van der Waals surface area contributed by atoms with Crippen molar-refractivity contribution in [1.82, 2.24) is 10.3 Å². The summed E-state index contributed by atoms with van der Waals surface area (Å²) in [5, 5.41) is 3.26. The molecule has 0 spiro atoms. The van der Waals surface area contributed by atoms with Crippen molar-refractivity contribution in [2.24, 2.45) is 0 Å². The van der Waals surface area contributed by atoms with Crippen molar-refractivity contribution in [3.63, 3.8) is 0 Å². The molecule has 15 heavy (non-hydrogen) atoms. The summed E-state index contributed by atoms with van der Waals surface area (Å²) in [6, 6.07) is 4.11. The second-order valence-corrected chi connectivity index (χ2v) is 3.80. The van der Waals surface area contributed by atoms with Crippen LogP contribution in [0.3, 0.4) is 0 Å². The molecular formula is C12H20N2O. The summed E-state index contributed by atoms with van der Waals surface area (Å²) in [6.45, 7) is 8.61. The second kappa shape index (κ2) is 6.53. The predicted octanol–water partition coefficient (Wildman–Crippen LogP) is 2.12. The number of ether oxygens (including phenoxy) is 1. The fourth-order valence-electron chi connectivity index (χ4n) is 1.17. The molecule has 1 heterocycles. The van der Waals surface area contributed by atoms with Crippen LogP contribution in [0, 0.1) is 0 Å². The molecule has 0 bridgehead atoms. The lowest BCUT2D eigenvalue weighted by Gasteiger charge is -2.07. The van der Waals surface area contributed by atoms with E-state index in [4.69, 9.17) is 4.74 Å². The van der Waals surface area contributed by atoms with Gasteiger partial charge in [0, 0.05) is 12.7 Å². The number of hydrogen-bond acceptors (Lipinski definition) is 3. The third kappa shape index (κ3) is 4.91. The van der Waals surface area contributed by atoms with Gasteiger partial charge in [0.25, 0.3) is 0 Å². The van der Waals surface area contributed by atoms with E-state index in [-0.39, 0.29) is 6.10 Å². The molecule has 0 aliphatic rings. The van der Waals surface area contributed by atoms with Crippen LogP contribution in [-0.2, 0) is 17.9 Å². The zero-order chi connectivity index (χ0) is 11.1. The van der Waals surface area contributed by atoms with Gasteiger partial charge in [-0.05, 0) is 32.0 Å². The first-order chi connectivity index (χ1) is 7.22. The van der Waals surface area contributed by atoms with Crippen LogP contribution in [0.5, 0.6) is 0 Å². The van der Waals surface area contributed by atoms with E-state index in [2.05, 4.69) is 23.3 Å². The summed E-state index contributed by atoms with van der Waals surface area (Å²) in [6.07, 6.45) is 2.16. The van der Waals surface area contributed by atoms with Gasteiger partial charge >= 0.3 is 0 Å². The zero-order valence-corrected chi connectivity index (χ0v) is 9.79. The first kappa shape index (κ1) is 12.1. The Morgan fingerprint density at radius 1 is 1.40 bits per heavy atom. The molecule has 0 fully saturated rings. The highest BCUT2D eigenvalue weighted by Gasteiger charge is 1.98. The summed E-state index contributed by atoms with van der Waals surface area (Å²) in [5.74, 6) is 0. The predicted molar refractivity (Wildman–Crippen MR) is 61.5 cm³/mol. The lowest BCUT2D eigenvalue weighted by Crippen LogP contribution is -2.12. The maximum atomic E-state index is 5.47. The fraction of sp³-hybridized carbons (Fsp3) is 0.583. The average molecular weight is 208 g/mol. The Morgan fingerprint density at radius 2 is 2.20 bits per heavy atom. The van der Waals surface area contributed by atoms with Gasteiger partial charge in [-0.3, -0.25) is 4.98 Å². The van der Waals surface area contributed by atoms with E-state index in [1.807, 2.05) is 26.1 Å². The van der Waals surface area contributed by atoms with E-state index in [9.17, 15) is 0 Å². The smallest absolute Gasteiger partial charge is 0.0891 e. The summed E-state index contributed by atoms with van der Waals surface area (Å²) < 4.78 is 5.47. The van der Waals surface area contributed by atoms with Gasteiger partial charge in [0.2, 0.25) is 0 Å². The highest BCUT2D eigenvalue weighted by Crippen LogP contribution is 2.03. The van der Waals surface area contributed by atoms with E-state index in [0.717, 1.165) is 18.8 Å². The molecule has 1 aromatic heterocycles. The van der Waals surface area contributed by atoms with Crippen LogP contribution in [0.15, 0.2) is 18.3 Å². The normalized spacial score (nSPS) is 10.9. The Balaban J connectivity index is 2.41. The van der Waals surface area contributed by atoms with Crippen LogP contribution in [0.4, 0.5) is 0 Å². The molecular weight excluding hydrogens is 188 g/mol. The molecule has 0 aromatic carbocycles. The van der Waals surface area contributed by atoms with Gasteiger partial charge < -0.3 is 10.1 Å². The highest BCUT2D eigenvalue weighted by atomic mass is 16.5. The van der Waals surface area contributed by atoms with Crippen molar-refractivity contribution in [3.8, 4) is 0 Å². The second-order valence-electron chi connectivity index (χ2n) is 3.80. The van der Waals surface area contributed by atoms with Crippen molar-refractivity contribution in [2.45, 2.75) is 40.0 Å². The Bertz CT molecular complexity index is 269. The van der Waals surface area contributed by atoms with Crippen LogP contribution >= 0.6 is 0 Å². The first-order valence-corrected chi connectivity index (χ1v) is 5.48. The lowest BCUT2D eigenvalue weighted by molar-refractivity contribution is 0.0636. The molecule has 3 heteroatoms. The molecule has 0 radical (unpaired) electrons. The maximum absolute atomic E-state index is 5.47. The summed E-state index contributed by atoms with van der Waals surface area (Å²) in [7, 11) is 0. The Hall–Kier alpha value is -0.930. The number of rotatable bonds is 6. The molecule has 0 atom stereocenters. The maximum Gasteiger partial charge on any atom is 0.0891 e. The summed E-state index contributed by atoms with van der Waals surface area (Å²) in [4.78, 5) is 4.34. The molecule has 0 saturated carbocycles. The van der Waals surface area contributed by atoms with Crippen molar-refractivity contribution in [1.29, 1.82) is 0 Å². The monoisotopic (exact) mass is 208 g/mol. The van der Waals surface area contributed by atoms with E-state index in [0.29, 0.717) is 6.61 Å². The van der Waals surface area contributed by atoms with E-state index < -0.39 is 0 Å². The molecule has 1 aromatic rings. The van der Waals surface area contributed by atoms with E-state index >= 15 is 0 Å². The minimum Gasteiger partial charge on any atom is -0.373 e. The molecule has 0 aliphatic heterocycles. The Labute approximate surface area is 91.9 Å². The number of nitrogens with one attached hydrogen (secondary N) is 1. The minimum absolute atomic E-state index is 0.258. The van der Waals surface area contributed by atoms with Crippen molar-refractivity contribution < 1.29 is 4.74 Å². The fourth-order valence-corrected chi connectivity index (χ4v) is 1.17. The van der Waals surface area contributed by atoms with Crippen molar-refractivity contribution in [3.05, 3.63) is 29.6 Å². The largest absolute Gasteiger partial charge is 0.373 e. The average Bonchev–Trinajstić information content (AvgIpc) is 2.25. The molecule has 3 nitrogen and oxygen atoms in total. The van der Waals surface area contributed by atoms with Crippen molar-refractivity contribution in [2.75, 3.05) is 6.54 Å². The zero-order valence-electron chi connectivity index (χ0n) is 9.79. The van der Waals surface area contributed by atoms with Crippen molar-refractivity contribution >= 4 is 0 Å². The van der Waals surface area contributed by atoms with Gasteiger partial charge in [0.05, 0.1) is 18.4 Å². The summed E-state index contributed by atoms with van der Waals surface area (Å²) >= 11 is 0. The standard InChI is InChI=1S/C12H20N2O/c1-4-13-7-11-5-6-12(14-8-11)9-15-10(2)3/h5-6,8,10,13H,4,7,9H2,1-3H3. The quantitative estimate of drug-likeness (QED) is 0.777. The van der Waals surface area contributed by atoms with Gasteiger partial charge in [-0.1, -0.05) is 13.0 Å². The van der Waals surface area contributed by atoms with Gasteiger partial charge in [0.1, 0.15) is 0 Å². The molecule has 0 unspecified atom stereocenters. The third-order valence-corrected chi connectivity index (χ3v) is 2.03. The lowest BCUT2D eigenvalue weighted by atomic mass is 10.2. The SMILES string of the molecule is CCNCc1ccc(COC(C)C)nc1. The van der Waals surface area contributed by atoms with Gasteiger partial charge in [-0.2, -0.15) is 0 Å². The number of pyridine rings is 1. The van der Waals surface area contributed by atoms with Crippen LogP contribution < -0.4 is 5.32 Å². The minimum atomic E-state index is 0.258. The first-order valence-electron chi connectivity index (χ1n) is 5.48. The molecule has 1 rings (SSSR count). The Kier molecular flexibility index (Phi) is 5.29. The van der Waals surface area contributed by atoms with E-state index in [1.54, 1.807) is 0 Å². The Morgan fingerprint density at radius 3 is 2.73 bits per heavy atom. The topological polar surface area (TPSA) is 34.1 Å². The summed E-state index contributed by atoms with van der Waals surface area (Å²) in [5.41, 5.74) is 2.20. The number of nitrogens with zero attached hydrogens (tertiary/aromatic N) is 1. The van der Waals surface area contributed by atoms with Gasteiger partial charge in [-0.15, -0.1) is 0 Å². The molecule has 0 saturated heterocycles. The van der Waals surface area contributed by atoms with Crippen LogP contribution in [0.1, 0.15) is 32.0 Å².